The zero-order chi connectivity index (χ0) is 27.5. The van der Waals surface area contributed by atoms with Gasteiger partial charge < -0.3 is 9.80 Å². The Morgan fingerprint density at radius 3 is 1.97 bits per heavy atom. The summed E-state index contributed by atoms with van der Waals surface area (Å²) in [7, 11) is -4.05. The Balaban J connectivity index is 1.50. The molecule has 1 fully saturated rings. The van der Waals surface area contributed by atoms with Gasteiger partial charge in [0.1, 0.15) is 12.6 Å². The van der Waals surface area contributed by atoms with Crippen LogP contribution in [0.15, 0.2) is 78.9 Å². The van der Waals surface area contributed by atoms with Gasteiger partial charge in [-0.15, -0.1) is 0 Å². The molecule has 1 aliphatic heterocycles. The number of nitrogens with one attached hydrogen (secondary N) is 1. The predicted octanol–water partition coefficient (Wildman–Crippen LogP) is 3.64. The largest absolute Gasteiger partial charge is 0.417 e. The number of sulfonamides is 1. The smallest absolute Gasteiger partial charge is 0.330 e. The van der Waals surface area contributed by atoms with Crippen molar-refractivity contribution >= 4 is 33.2 Å². The van der Waals surface area contributed by atoms with Gasteiger partial charge in [-0.05, 0) is 18.2 Å². The Morgan fingerprint density at radius 2 is 1.50 bits per heavy atom. The van der Waals surface area contributed by atoms with E-state index in [0.29, 0.717) is 36.6 Å². The lowest BCUT2D eigenvalue weighted by Gasteiger charge is -2.37. The van der Waals surface area contributed by atoms with Gasteiger partial charge >= 0.3 is 6.18 Å². The van der Waals surface area contributed by atoms with Gasteiger partial charge in [0.15, 0.2) is 0 Å². The fourth-order valence-electron chi connectivity index (χ4n) is 4.80. The molecule has 1 heterocycles. The molecule has 1 aliphatic rings. The number of anilines is 1. The van der Waals surface area contributed by atoms with Crippen LogP contribution < -0.4 is 9.21 Å². The van der Waals surface area contributed by atoms with Crippen molar-refractivity contribution in [3.8, 4) is 0 Å². The van der Waals surface area contributed by atoms with Crippen LogP contribution in [0.3, 0.4) is 0 Å². The molecule has 202 valence electrons. The minimum absolute atomic E-state index is 0.0667. The molecule has 0 bridgehead atoms. The Morgan fingerprint density at radius 1 is 0.974 bits per heavy atom. The van der Waals surface area contributed by atoms with Gasteiger partial charge in [0.2, 0.25) is 15.9 Å². The molecule has 0 unspecified atom stereocenters. The molecule has 3 aromatic carbocycles. The number of rotatable bonds is 7. The van der Waals surface area contributed by atoms with Gasteiger partial charge in [-0.3, -0.25) is 9.10 Å². The summed E-state index contributed by atoms with van der Waals surface area (Å²) in [4.78, 5) is 16.0. The molecule has 1 amide bonds. The molecule has 3 aromatic rings. The van der Waals surface area contributed by atoms with Gasteiger partial charge in [0, 0.05) is 11.1 Å². The van der Waals surface area contributed by atoms with E-state index >= 15 is 0 Å². The summed E-state index contributed by atoms with van der Waals surface area (Å²) >= 11 is 5.69. The molecule has 38 heavy (non-hydrogen) atoms. The Labute approximate surface area is 225 Å². The van der Waals surface area contributed by atoms with Crippen molar-refractivity contribution in [2.45, 2.75) is 12.2 Å². The average molecular weight is 567 g/mol. The van der Waals surface area contributed by atoms with Crippen LogP contribution in [0.25, 0.3) is 0 Å². The van der Waals surface area contributed by atoms with E-state index in [9.17, 15) is 26.4 Å². The third kappa shape index (κ3) is 6.48. The van der Waals surface area contributed by atoms with E-state index in [2.05, 4.69) is 24.3 Å². The normalized spacial score (nSPS) is 15.1. The lowest BCUT2D eigenvalue weighted by atomic mass is 9.96. The number of alkyl halides is 3. The number of hydrogen-bond acceptors (Lipinski definition) is 3. The first-order chi connectivity index (χ1) is 17.9. The predicted molar refractivity (Wildman–Crippen MR) is 141 cm³/mol. The lowest BCUT2D eigenvalue weighted by molar-refractivity contribution is -0.929. The summed E-state index contributed by atoms with van der Waals surface area (Å²) in [6.45, 7) is 1.41. The summed E-state index contributed by atoms with van der Waals surface area (Å²) in [5, 5.41) is -0.550. The Bertz CT molecular complexity index is 1330. The second-order valence-electron chi connectivity index (χ2n) is 9.22. The van der Waals surface area contributed by atoms with Crippen LogP contribution >= 0.6 is 11.6 Å². The van der Waals surface area contributed by atoms with Crippen molar-refractivity contribution in [1.82, 2.24) is 4.90 Å². The summed E-state index contributed by atoms with van der Waals surface area (Å²) in [6.07, 6.45) is -3.91. The molecule has 1 saturated heterocycles. The quantitative estimate of drug-likeness (QED) is 0.475. The van der Waals surface area contributed by atoms with E-state index in [-0.39, 0.29) is 11.7 Å². The number of carbonyl (C=O) groups excluding carboxylic acids is 1. The number of piperazine rings is 1. The van der Waals surface area contributed by atoms with E-state index < -0.39 is 39.2 Å². The fourth-order valence-corrected chi connectivity index (χ4v) is 5.86. The minimum Gasteiger partial charge on any atom is -0.330 e. The SMILES string of the molecule is CS(=O)(=O)N(CC(=O)N1CC[NH+](C(c2ccccc2)c2ccccc2)CC1)c1ccc(Cl)c(C(F)(F)F)c1. The molecule has 0 atom stereocenters. The van der Waals surface area contributed by atoms with Crippen molar-refractivity contribution in [3.05, 3.63) is 101 Å². The maximum absolute atomic E-state index is 13.4. The topological polar surface area (TPSA) is 62.1 Å². The van der Waals surface area contributed by atoms with Gasteiger partial charge in [0.05, 0.1) is 48.7 Å². The highest BCUT2D eigenvalue weighted by Crippen LogP contribution is 2.37. The molecule has 1 N–H and O–H groups in total. The molecule has 0 saturated carbocycles. The standard InChI is InChI=1S/C27H27ClF3N3O3S/c1-38(36,37)34(22-12-13-24(28)23(18-22)27(29,30)31)19-25(35)32-14-16-33(17-15-32)26(20-8-4-2-5-9-20)21-10-6-3-7-11-21/h2-13,18,26H,14-17,19H2,1H3/p+1. The first-order valence-corrected chi connectivity index (χ1v) is 14.2. The fraction of sp³-hybridized carbons (Fsp3) is 0.296. The number of carbonyl (C=O) groups is 1. The lowest BCUT2D eigenvalue weighted by Crippen LogP contribution is -3.15. The van der Waals surface area contributed by atoms with E-state index in [0.717, 1.165) is 29.5 Å². The molecule has 0 aromatic heterocycles. The molecule has 6 nitrogen and oxygen atoms in total. The molecule has 0 radical (unpaired) electrons. The van der Waals surface area contributed by atoms with Crippen LogP contribution in [0.4, 0.5) is 18.9 Å². The number of amides is 1. The van der Waals surface area contributed by atoms with Crippen molar-refractivity contribution in [2.75, 3.05) is 43.3 Å². The highest BCUT2D eigenvalue weighted by Gasteiger charge is 2.36. The Hall–Kier alpha value is -3.08. The van der Waals surface area contributed by atoms with Crippen molar-refractivity contribution < 1.29 is 31.3 Å². The van der Waals surface area contributed by atoms with Crippen LogP contribution in [0.1, 0.15) is 22.7 Å². The highest BCUT2D eigenvalue weighted by molar-refractivity contribution is 7.92. The van der Waals surface area contributed by atoms with E-state index in [1.54, 1.807) is 4.90 Å². The van der Waals surface area contributed by atoms with Gasteiger partial charge in [-0.1, -0.05) is 72.3 Å². The zero-order valence-corrected chi connectivity index (χ0v) is 22.2. The van der Waals surface area contributed by atoms with Crippen LogP contribution in [0.2, 0.25) is 5.02 Å². The monoisotopic (exact) mass is 566 g/mol. The number of halogens is 4. The summed E-state index contributed by atoms with van der Waals surface area (Å²) < 4.78 is 65.7. The highest BCUT2D eigenvalue weighted by atomic mass is 35.5. The first kappa shape index (κ1) is 27.9. The number of quaternary nitrogens is 1. The van der Waals surface area contributed by atoms with Crippen LogP contribution in [-0.4, -0.2) is 58.2 Å². The molecule has 0 aliphatic carbocycles. The minimum atomic E-state index is -4.77. The second-order valence-corrected chi connectivity index (χ2v) is 11.5. The van der Waals surface area contributed by atoms with Gasteiger partial charge in [-0.2, -0.15) is 13.2 Å². The van der Waals surface area contributed by atoms with E-state index in [1.165, 1.54) is 4.90 Å². The first-order valence-electron chi connectivity index (χ1n) is 12.0. The maximum Gasteiger partial charge on any atom is 0.417 e. The van der Waals surface area contributed by atoms with Gasteiger partial charge in [0.25, 0.3) is 0 Å². The van der Waals surface area contributed by atoms with Gasteiger partial charge in [-0.25, -0.2) is 8.42 Å². The second kappa shape index (κ2) is 11.3. The average Bonchev–Trinajstić information content (AvgIpc) is 2.88. The summed E-state index contributed by atoms with van der Waals surface area (Å²) in [6, 6.07) is 23.1. The van der Waals surface area contributed by atoms with E-state index in [4.69, 9.17) is 11.6 Å². The van der Waals surface area contributed by atoms with Crippen molar-refractivity contribution in [3.63, 3.8) is 0 Å². The van der Waals surface area contributed by atoms with Crippen LogP contribution in [-0.2, 0) is 21.0 Å². The molecular weight excluding hydrogens is 539 g/mol. The molecular formula is C27H28ClF3N3O3S+. The van der Waals surface area contributed by atoms with E-state index in [1.807, 2.05) is 36.4 Å². The summed E-state index contributed by atoms with van der Waals surface area (Å²) in [5.74, 6) is -0.478. The van der Waals surface area contributed by atoms with Crippen molar-refractivity contribution in [2.24, 2.45) is 0 Å². The number of hydrogen-bond donors (Lipinski definition) is 1. The summed E-state index contributed by atoms with van der Waals surface area (Å²) in [5.41, 5.74) is 0.873. The maximum atomic E-state index is 13.4. The number of nitrogens with zero attached hydrogens (tertiary/aromatic N) is 2. The Kier molecular flexibility index (Phi) is 8.34. The third-order valence-corrected chi connectivity index (χ3v) is 8.13. The molecule has 0 spiro atoms. The number of benzene rings is 3. The molecule has 11 heteroatoms. The molecule has 4 rings (SSSR count). The van der Waals surface area contributed by atoms with Crippen LogP contribution in [0, 0.1) is 0 Å². The third-order valence-electron chi connectivity index (χ3n) is 6.65. The van der Waals surface area contributed by atoms with Crippen LogP contribution in [0.5, 0.6) is 0 Å². The van der Waals surface area contributed by atoms with Crippen molar-refractivity contribution in [1.29, 1.82) is 0 Å². The zero-order valence-electron chi connectivity index (χ0n) is 20.7.